The van der Waals surface area contributed by atoms with Gasteiger partial charge in [-0.3, -0.25) is 0 Å². The summed E-state index contributed by atoms with van der Waals surface area (Å²) in [6.07, 6.45) is 3.89. The minimum atomic E-state index is -0.242. The number of imidazole rings is 1. The second-order valence-electron chi connectivity index (χ2n) is 4.41. The van der Waals surface area contributed by atoms with E-state index in [4.69, 9.17) is 11.5 Å². The summed E-state index contributed by atoms with van der Waals surface area (Å²) in [5, 5.41) is 9.56. The summed E-state index contributed by atoms with van der Waals surface area (Å²) in [4.78, 5) is 12.3. The van der Waals surface area contributed by atoms with Gasteiger partial charge in [-0.25, -0.2) is 4.98 Å². The normalized spacial score (nSPS) is 24.5. The molecule has 1 saturated carbocycles. The van der Waals surface area contributed by atoms with Crippen LogP contribution in [0.25, 0.3) is 11.2 Å². The molecule has 7 heteroatoms. The van der Waals surface area contributed by atoms with Gasteiger partial charge in [0.1, 0.15) is 5.52 Å². The SMILES string of the molecule is Nc1nc(N)c2ncn([C@H]3CC[C@H](O)C3)c2n1. The number of hydrogen-bond donors (Lipinski definition) is 3. The highest BCUT2D eigenvalue weighted by Gasteiger charge is 2.26. The fraction of sp³-hybridized carbons (Fsp3) is 0.500. The molecule has 5 N–H and O–H groups in total. The predicted molar refractivity (Wildman–Crippen MR) is 63.0 cm³/mol. The van der Waals surface area contributed by atoms with Crippen LogP contribution >= 0.6 is 0 Å². The minimum absolute atomic E-state index is 0.148. The van der Waals surface area contributed by atoms with Crippen molar-refractivity contribution >= 4 is 22.9 Å². The zero-order valence-electron chi connectivity index (χ0n) is 9.24. The van der Waals surface area contributed by atoms with Crippen molar-refractivity contribution in [3.05, 3.63) is 6.33 Å². The number of aliphatic hydroxyl groups is 1. The molecule has 2 heterocycles. The molecule has 1 fully saturated rings. The highest BCUT2D eigenvalue weighted by atomic mass is 16.3. The average Bonchev–Trinajstić information content (AvgIpc) is 2.83. The Balaban J connectivity index is 2.11. The molecule has 3 rings (SSSR count). The van der Waals surface area contributed by atoms with Crippen LogP contribution in [0.4, 0.5) is 11.8 Å². The molecule has 0 spiro atoms. The summed E-state index contributed by atoms with van der Waals surface area (Å²) < 4.78 is 1.93. The molecule has 0 amide bonds. The monoisotopic (exact) mass is 234 g/mol. The van der Waals surface area contributed by atoms with E-state index >= 15 is 0 Å². The zero-order valence-corrected chi connectivity index (χ0v) is 9.24. The minimum Gasteiger partial charge on any atom is -0.393 e. The molecule has 2 aromatic rings. The van der Waals surface area contributed by atoms with E-state index < -0.39 is 0 Å². The fourth-order valence-corrected chi connectivity index (χ4v) is 2.41. The van der Waals surface area contributed by atoms with Gasteiger partial charge in [-0.15, -0.1) is 0 Å². The first-order valence-corrected chi connectivity index (χ1v) is 5.58. The lowest BCUT2D eigenvalue weighted by molar-refractivity contribution is 0.178. The largest absolute Gasteiger partial charge is 0.393 e. The molecule has 0 aromatic carbocycles. The first kappa shape index (κ1) is 10.3. The van der Waals surface area contributed by atoms with Crippen LogP contribution in [0.2, 0.25) is 0 Å². The van der Waals surface area contributed by atoms with Crippen molar-refractivity contribution in [3.8, 4) is 0 Å². The van der Waals surface area contributed by atoms with Crippen LogP contribution < -0.4 is 11.5 Å². The molecule has 0 unspecified atom stereocenters. The van der Waals surface area contributed by atoms with E-state index in [0.717, 1.165) is 19.3 Å². The van der Waals surface area contributed by atoms with Crippen molar-refractivity contribution in [2.24, 2.45) is 0 Å². The maximum Gasteiger partial charge on any atom is 0.224 e. The lowest BCUT2D eigenvalue weighted by Gasteiger charge is -2.11. The summed E-state index contributed by atoms with van der Waals surface area (Å²) in [6.45, 7) is 0. The van der Waals surface area contributed by atoms with E-state index in [0.29, 0.717) is 17.0 Å². The van der Waals surface area contributed by atoms with Gasteiger partial charge >= 0.3 is 0 Å². The first-order chi connectivity index (χ1) is 8.15. The highest BCUT2D eigenvalue weighted by Crippen LogP contribution is 2.32. The smallest absolute Gasteiger partial charge is 0.224 e. The first-order valence-electron chi connectivity index (χ1n) is 5.58. The topological polar surface area (TPSA) is 116 Å². The van der Waals surface area contributed by atoms with Crippen LogP contribution in [-0.4, -0.2) is 30.7 Å². The van der Waals surface area contributed by atoms with E-state index in [1.54, 1.807) is 6.33 Å². The summed E-state index contributed by atoms with van der Waals surface area (Å²) in [7, 11) is 0. The Morgan fingerprint density at radius 2 is 2.12 bits per heavy atom. The average molecular weight is 234 g/mol. The third-order valence-corrected chi connectivity index (χ3v) is 3.24. The Kier molecular flexibility index (Phi) is 2.15. The van der Waals surface area contributed by atoms with Crippen LogP contribution in [0.3, 0.4) is 0 Å². The van der Waals surface area contributed by atoms with Crippen molar-refractivity contribution in [1.82, 2.24) is 19.5 Å². The number of nitrogens with two attached hydrogens (primary N) is 2. The van der Waals surface area contributed by atoms with Crippen LogP contribution in [0.15, 0.2) is 6.33 Å². The number of hydrogen-bond acceptors (Lipinski definition) is 6. The number of rotatable bonds is 1. The Morgan fingerprint density at radius 1 is 1.29 bits per heavy atom. The van der Waals surface area contributed by atoms with E-state index in [1.807, 2.05) is 4.57 Å². The standard InChI is InChI=1S/C10H14N6O/c11-8-7-9(15-10(12)14-8)16(4-13-7)5-1-2-6(17)3-5/h4-6,17H,1-3H2,(H4,11,12,14,15)/t5-,6-/m0/s1. The number of anilines is 2. The number of nitrogens with zero attached hydrogens (tertiary/aromatic N) is 4. The zero-order chi connectivity index (χ0) is 12.0. The third-order valence-electron chi connectivity index (χ3n) is 3.24. The molecule has 17 heavy (non-hydrogen) atoms. The third kappa shape index (κ3) is 1.59. The Labute approximate surface area is 97.5 Å². The van der Waals surface area contributed by atoms with Gasteiger partial charge in [-0.2, -0.15) is 9.97 Å². The van der Waals surface area contributed by atoms with Gasteiger partial charge in [0.05, 0.1) is 12.4 Å². The second kappa shape index (κ2) is 3.56. The van der Waals surface area contributed by atoms with Crippen molar-refractivity contribution < 1.29 is 5.11 Å². The van der Waals surface area contributed by atoms with E-state index in [1.165, 1.54) is 0 Å². The van der Waals surface area contributed by atoms with E-state index in [-0.39, 0.29) is 18.1 Å². The molecule has 1 aliphatic carbocycles. The van der Waals surface area contributed by atoms with Crippen molar-refractivity contribution in [2.75, 3.05) is 11.5 Å². The molecular formula is C10H14N6O. The summed E-state index contributed by atoms with van der Waals surface area (Å²) in [6, 6.07) is 0.212. The van der Waals surface area contributed by atoms with Gasteiger partial charge in [0.2, 0.25) is 5.95 Å². The maximum atomic E-state index is 9.56. The lowest BCUT2D eigenvalue weighted by atomic mass is 10.2. The molecule has 1 aliphatic rings. The Hall–Kier alpha value is -1.89. The van der Waals surface area contributed by atoms with Gasteiger partial charge < -0.3 is 21.1 Å². The van der Waals surface area contributed by atoms with Gasteiger partial charge in [-0.1, -0.05) is 0 Å². The summed E-state index contributed by atoms with van der Waals surface area (Å²) in [5.74, 6) is 0.445. The Bertz CT molecular complexity index is 565. The Morgan fingerprint density at radius 3 is 2.82 bits per heavy atom. The van der Waals surface area contributed by atoms with Crippen LogP contribution in [-0.2, 0) is 0 Å². The number of aliphatic hydroxyl groups excluding tert-OH is 1. The number of fused-ring (bicyclic) bond motifs is 1. The molecular weight excluding hydrogens is 220 g/mol. The fourth-order valence-electron chi connectivity index (χ4n) is 2.41. The van der Waals surface area contributed by atoms with E-state index in [2.05, 4.69) is 15.0 Å². The molecule has 90 valence electrons. The van der Waals surface area contributed by atoms with Gasteiger partial charge in [-0.05, 0) is 19.3 Å². The summed E-state index contributed by atoms with van der Waals surface area (Å²) >= 11 is 0. The molecule has 0 bridgehead atoms. The van der Waals surface area contributed by atoms with Crippen molar-refractivity contribution in [1.29, 1.82) is 0 Å². The van der Waals surface area contributed by atoms with Crippen LogP contribution in [0.1, 0.15) is 25.3 Å². The quantitative estimate of drug-likeness (QED) is 0.643. The molecule has 2 atom stereocenters. The van der Waals surface area contributed by atoms with E-state index in [9.17, 15) is 5.11 Å². The van der Waals surface area contributed by atoms with Gasteiger partial charge in [0.25, 0.3) is 0 Å². The molecule has 0 aliphatic heterocycles. The second-order valence-corrected chi connectivity index (χ2v) is 4.41. The molecule has 0 saturated heterocycles. The molecule has 7 nitrogen and oxygen atoms in total. The maximum absolute atomic E-state index is 9.56. The van der Waals surface area contributed by atoms with Crippen LogP contribution in [0.5, 0.6) is 0 Å². The number of nitrogen functional groups attached to an aromatic ring is 2. The van der Waals surface area contributed by atoms with Crippen molar-refractivity contribution in [3.63, 3.8) is 0 Å². The van der Waals surface area contributed by atoms with Gasteiger partial charge in [0, 0.05) is 6.04 Å². The van der Waals surface area contributed by atoms with Crippen LogP contribution in [0, 0.1) is 0 Å². The lowest BCUT2D eigenvalue weighted by Crippen LogP contribution is -2.08. The highest BCUT2D eigenvalue weighted by molar-refractivity contribution is 5.82. The predicted octanol–water partition coefficient (Wildman–Crippen LogP) is 0.0766. The molecule has 0 radical (unpaired) electrons. The number of aromatic nitrogens is 4. The van der Waals surface area contributed by atoms with Crippen molar-refractivity contribution in [2.45, 2.75) is 31.4 Å². The molecule has 2 aromatic heterocycles. The summed E-state index contributed by atoms with van der Waals surface area (Å²) in [5.41, 5.74) is 12.5. The van der Waals surface area contributed by atoms with Gasteiger partial charge in [0.15, 0.2) is 11.5 Å².